The summed E-state index contributed by atoms with van der Waals surface area (Å²) in [4.78, 5) is 7.24. The molecule has 1 saturated heterocycles. The fourth-order valence-electron chi connectivity index (χ4n) is 3.02. The highest BCUT2D eigenvalue weighted by molar-refractivity contribution is 14.0. The van der Waals surface area contributed by atoms with Gasteiger partial charge < -0.3 is 24.8 Å². The molecule has 7 nitrogen and oxygen atoms in total. The smallest absolute Gasteiger partial charge is 0.191 e. The van der Waals surface area contributed by atoms with Crippen molar-refractivity contribution in [1.29, 1.82) is 0 Å². The predicted molar refractivity (Wildman–Crippen MR) is 129 cm³/mol. The van der Waals surface area contributed by atoms with E-state index in [4.69, 9.17) is 19.2 Å². The first-order valence-electron chi connectivity index (χ1n) is 10.2. The summed E-state index contributed by atoms with van der Waals surface area (Å²) >= 11 is 0. The summed E-state index contributed by atoms with van der Waals surface area (Å²) in [7, 11) is 1.66. The molecule has 1 aliphatic rings. The standard InChI is InChI=1S/C21H36N4O3.HI/c1-5-22-20(24-17-21(2,3)25-12-15-27-16-13-25)23-11-6-14-28-19-9-7-18(26-4)8-10-19;/h7-10H,5-6,11-17H2,1-4H3,(H2,22,23,24);1H. The van der Waals surface area contributed by atoms with E-state index in [-0.39, 0.29) is 29.5 Å². The topological polar surface area (TPSA) is 67.4 Å². The maximum absolute atomic E-state index is 5.77. The molecule has 0 spiro atoms. The van der Waals surface area contributed by atoms with Gasteiger partial charge in [-0.1, -0.05) is 0 Å². The second-order valence-electron chi connectivity index (χ2n) is 7.41. The largest absolute Gasteiger partial charge is 0.497 e. The van der Waals surface area contributed by atoms with Gasteiger partial charge in [-0.15, -0.1) is 24.0 Å². The minimum Gasteiger partial charge on any atom is -0.497 e. The number of ether oxygens (including phenoxy) is 3. The monoisotopic (exact) mass is 520 g/mol. The highest BCUT2D eigenvalue weighted by atomic mass is 127. The first-order valence-corrected chi connectivity index (χ1v) is 10.2. The van der Waals surface area contributed by atoms with Crippen LogP contribution in [0, 0.1) is 0 Å². The lowest BCUT2D eigenvalue weighted by Crippen LogP contribution is -2.52. The number of benzene rings is 1. The molecule has 2 N–H and O–H groups in total. The minimum absolute atomic E-state index is 0. The first kappa shape index (κ1) is 25.8. The van der Waals surface area contributed by atoms with Crippen LogP contribution in [0.4, 0.5) is 0 Å². The molecule has 1 aliphatic heterocycles. The van der Waals surface area contributed by atoms with Gasteiger partial charge in [0.2, 0.25) is 0 Å². The van der Waals surface area contributed by atoms with E-state index in [0.717, 1.165) is 69.8 Å². The van der Waals surface area contributed by atoms with Crippen molar-refractivity contribution in [2.45, 2.75) is 32.7 Å². The number of hydrogen-bond acceptors (Lipinski definition) is 5. The summed E-state index contributed by atoms with van der Waals surface area (Å²) in [5.74, 6) is 2.54. The van der Waals surface area contributed by atoms with E-state index in [2.05, 4.69) is 36.3 Å². The van der Waals surface area contributed by atoms with E-state index in [9.17, 15) is 0 Å². The second-order valence-corrected chi connectivity index (χ2v) is 7.41. The van der Waals surface area contributed by atoms with Crippen molar-refractivity contribution in [3.05, 3.63) is 24.3 Å². The number of nitrogens with zero attached hydrogens (tertiary/aromatic N) is 2. The van der Waals surface area contributed by atoms with E-state index >= 15 is 0 Å². The van der Waals surface area contributed by atoms with Crippen LogP contribution in [-0.4, -0.2) is 76.1 Å². The van der Waals surface area contributed by atoms with Crippen molar-refractivity contribution < 1.29 is 14.2 Å². The van der Waals surface area contributed by atoms with Crippen LogP contribution < -0.4 is 20.1 Å². The molecule has 0 radical (unpaired) electrons. The molecule has 1 aromatic carbocycles. The summed E-state index contributed by atoms with van der Waals surface area (Å²) in [6.45, 7) is 13.2. The molecule has 1 fully saturated rings. The van der Waals surface area contributed by atoms with Crippen LogP contribution in [0.15, 0.2) is 29.3 Å². The SMILES string of the molecule is CCNC(=NCC(C)(C)N1CCOCC1)NCCCOc1ccc(OC)cc1.I. The van der Waals surface area contributed by atoms with Gasteiger partial charge in [0.25, 0.3) is 0 Å². The van der Waals surface area contributed by atoms with Gasteiger partial charge in [0.15, 0.2) is 5.96 Å². The zero-order valence-electron chi connectivity index (χ0n) is 18.2. The van der Waals surface area contributed by atoms with Crippen LogP contribution in [0.3, 0.4) is 0 Å². The number of methoxy groups -OCH3 is 1. The van der Waals surface area contributed by atoms with Crippen LogP contribution in [0.5, 0.6) is 11.5 Å². The van der Waals surface area contributed by atoms with Crippen molar-refractivity contribution in [2.24, 2.45) is 4.99 Å². The van der Waals surface area contributed by atoms with Crippen molar-refractivity contribution >= 4 is 29.9 Å². The fraction of sp³-hybridized carbons (Fsp3) is 0.667. The number of guanidine groups is 1. The minimum atomic E-state index is 0. The quantitative estimate of drug-likeness (QED) is 0.214. The third kappa shape index (κ3) is 9.39. The fourth-order valence-corrected chi connectivity index (χ4v) is 3.02. The Balaban J connectivity index is 0.00000420. The third-order valence-electron chi connectivity index (χ3n) is 4.78. The Morgan fingerprint density at radius 1 is 1.14 bits per heavy atom. The molecule has 0 saturated carbocycles. The molecule has 8 heteroatoms. The van der Waals surface area contributed by atoms with Gasteiger partial charge in [0, 0.05) is 31.7 Å². The molecule has 166 valence electrons. The van der Waals surface area contributed by atoms with Crippen molar-refractivity contribution in [3.63, 3.8) is 0 Å². The Morgan fingerprint density at radius 2 is 1.79 bits per heavy atom. The van der Waals surface area contributed by atoms with Gasteiger partial charge in [0.05, 0.1) is 33.5 Å². The lowest BCUT2D eigenvalue weighted by molar-refractivity contribution is -0.00683. The van der Waals surface area contributed by atoms with Crippen LogP contribution in [-0.2, 0) is 4.74 Å². The van der Waals surface area contributed by atoms with Crippen LogP contribution in [0.25, 0.3) is 0 Å². The van der Waals surface area contributed by atoms with Crippen LogP contribution >= 0.6 is 24.0 Å². The summed E-state index contributed by atoms with van der Waals surface area (Å²) in [6.07, 6.45) is 0.892. The Kier molecular flexibility index (Phi) is 12.3. The van der Waals surface area contributed by atoms with Crippen LogP contribution in [0.1, 0.15) is 27.2 Å². The summed E-state index contributed by atoms with van der Waals surface area (Å²) < 4.78 is 16.4. The van der Waals surface area contributed by atoms with Crippen LogP contribution in [0.2, 0.25) is 0 Å². The Hall–Kier alpha value is -1.26. The molecular formula is C21H37IN4O3. The number of hydrogen-bond donors (Lipinski definition) is 2. The average molecular weight is 520 g/mol. The van der Waals surface area contributed by atoms with Gasteiger partial charge in [-0.2, -0.15) is 0 Å². The van der Waals surface area contributed by atoms with Gasteiger partial charge in [0.1, 0.15) is 11.5 Å². The Labute approximate surface area is 192 Å². The zero-order chi connectivity index (χ0) is 20.2. The molecule has 0 bridgehead atoms. The molecule has 0 aromatic heterocycles. The average Bonchev–Trinajstić information content (AvgIpc) is 2.73. The molecule has 0 amide bonds. The third-order valence-corrected chi connectivity index (χ3v) is 4.78. The highest BCUT2D eigenvalue weighted by Gasteiger charge is 2.28. The number of rotatable bonds is 10. The van der Waals surface area contributed by atoms with Gasteiger partial charge >= 0.3 is 0 Å². The number of nitrogens with one attached hydrogen (secondary N) is 2. The lowest BCUT2D eigenvalue weighted by Gasteiger charge is -2.39. The van der Waals surface area contributed by atoms with Crippen molar-refractivity contribution in [2.75, 3.05) is 59.7 Å². The van der Waals surface area contributed by atoms with E-state index < -0.39 is 0 Å². The van der Waals surface area contributed by atoms with E-state index in [0.29, 0.717) is 6.61 Å². The lowest BCUT2D eigenvalue weighted by atomic mass is 10.0. The molecule has 0 unspecified atom stereocenters. The summed E-state index contributed by atoms with van der Waals surface area (Å²) in [6, 6.07) is 7.65. The highest BCUT2D eigenvalue weighted by Crippen LogP contribution is 2.17. The van der Waals surface area contributed by atoms with Gasteiger partial charge in [-0.05, 0) is 51.5 Å². The molecule has 0 atom stereocenters. The van der Waals surface area contributed by atoms with Crippen molar-refractivity contribution in [3.8, 4) is 11.5 Å². The van der Waals surface area contributed by atoms with Crippen molar-refractivity contribution in [1.82, 2.24) is 15.5 Å². The Morgan fingerprint density at radius 3 is 2.41 bits per heavy atom. The molecule has 1 heterocycles. The molecule has 0 aliphatic carbocycles. The van der Waals surface area contributed by atoms with E-state index in [1.54, 1.807) is 7.11 Å². The summed E-state index contributed by atoms with van der Waals surface area (Å²) in [5, 5.41) is 6.72. The number of morpholine rings is 1. The van der Waals surface area contributed by atoms with E-state index in [1.807, 2.05) is 24.3 Å². The number of halogens is 1. The molecule has 2 rings (SSSR count). The predicted octanol–water partition coefficient (Wildman–Crippen LogP) is 2.75. The normalized spacial score (nSPS) is 15.4. The van der Waals surface area contributed by atoms with Gasteiger partial charge in [-0.3, -0.25) is 9.89 Å². The van der Waals surface area contributed by atoms with Gasteiger partial charge in [-0.25, -0.2) is 0 Å². The van der Waals surface area contributed by atoms with E-state index in [1.165, 1.54) is 0 Å². The molecule has 1 aromatic rings. The second kappa shape index (κ2) is 13.9. The zero-order valence-corrected chi connectivity index (χ0v) is 20.5. The number of aliphatic imine (C=N–C) groups is 1. The Bertz CT molecular complexity index is 590. The maximum Gasteiger partial charge on any atom is 0.191 e. The molecular weight excluding hydrogens is 483 g/mol. The summed E-state index contributed by atoms with van der Waals surface area (Å²) in [5.41, 5.74) is 0.0175. The first-order chi connectivity index (χ1) is 13.5. The maximum atomic E-state index is 5.77. The molecule has 29 heavy (non-hydrogen) atoms.